The number of hydrogen-bond donors (Lipinski definition) is 0. The smallest absolute Gasteiger partial charge is 0.129 e. The van der Waals surface area contributed by atoms with Gasteiger partial charge in [0.25, 0.3) is 0 Å². The van der Waals surface area contributed by atoms with E-state index in [1.54, 1.807) is 6.92 Å². The lowest BCUT2D eigenvalue weighted by molar-refractivity contribution is -0.117. The van der Waals surface area contributed by atoms with E-state index in [0.29, 0.717) is 12.3 Å². The Bertz CT molecular complexity index is 697. The molecule has 0 fully saturated rings. The van der Waals surface area contributed by atoms with Crippen molar-refractivity contribution in [2.75, 3.05) is 0 Å². The number of aryl methyl sites for hydroxylation is 1. The van der Waals surface area contributed by atoms with Crippen molar-refractivity contribution in [2.45, 2.75) is 52.4 Å². The number of benzene rings is 2. The van der Waals surface area contributed by atoms with E-state index in [-0.39, 0.29) is 5.78 Å². The molecular weight excluding hydrogens is 292 g/mol. The van der Waals surface area contributed by atoms with Gasteiger partial charge in [-0.2, -0.15) is 0 Å². The minimum absolute atomic E-state index is 0.277. The molecular formula is C23H28O. The van der Waals surface area contributed by atoms with Gasteiger partial charge >= 0.3 is 0 Å². The van der Waals surface area contributed by atoms with Crippen molar-refractivity contribution in [2.24, 2.45) is 0 Å². The fourth-order valence-electron chi connectivity index (χ4n) is 3.18. The standard InChI is InChI=1S/C23H28O/c1-4-9-20-12-8-14-22(17-20)23(15-6-10-18(3)24)21-13-7-11-19(5-2)16-21/h4,7-9,11-14,16-17,23H,5-6,10,15H2,1-3H3/b9-4+. The lowest BCUT2D eigenvalue weighted by atomic mass is 9.85. The largest absolute Gasteiger partial charge is 0.300 e. The molecule has 2 aromatic carbocycles. The molecule has 1 nitrogen and oxygen atoms in total. The zero-order valence-corrected chi connectivity index (χ0v) is 15.1. The zero-order chi connectivity index (χ0) is 17.4. The summed E-state index contributed by atoms with van der Waals surface area (Å²) >= 11 is 0. The van der Waals surface area contributed by atoms with Crippen molar-refractivity contribution >= 4 is 11.9 Å². The van der Waals surface area contributed by atoms with Crippen LogP contribution in [0.15, 0.2) is 54.6 Å². The maximum absolute atomic E-state index is 11.3. The summed E-state index contributed by atoms with van der Waals surface area (Å²) in [5, 5.41) is 0. The van der Waals surface area contributed by atoms with Crippen LogP contribution in [0.4, 0.5) is 0 Å². The van der Waals surface area contributed by atoms with Gasteiger partial charge in [-0.25, -0.2) is 0 Å². The highest BCUT2D eigenvalue weighted by Gasteiger charge is 2.15. The van der Waals surface area contributed by atoms with Crippen LogP contribution in [0.2, 0.25) is 0 Å². The normalized spacial score (nSPS) is 12.5. The summed E-state index contributed by atoms with van der Waals surface area (Å²) in [5.74, 6) is 0.625. The molecule has 2 aromatic rings. The van der Waals surface area contributed by atoms with E-state index < -0.39 is 0 Å². The van der Waals surface area contributed by atoms with E-state index in [2.05, 4.69) is 67.6 Å². The van der Waals surface area contributed by atoms with Crippen molar-refractivity contribution in [3.63, 3.8) is 0 Å². The van der Waals surface area contributed by atoms with Gasteiger partial charge in [0.1, 0.15) is 5.78 Å². The van der Waals surface area contributed by atoms with Gasteiger partial charge in [0.05, 0.1) is 0 Å². The number of hydrogen-bond acceptors (Lipinski definition) is 1. The van der Waals surface area contributed by atoms with E-state index >= 15 is 0 Å². The molecule has 0 bridgehead atoms. The van der Waals surface area contributed by atoms with E-state index in [4.69, 9.17) is 0 Å². The molecule has 1 atom stereocenters. The van der Waals surface area contributed by atoms with Gasteiger partial charge in [-0.1, -0.05) is 67.6 Å². The molecule has 126 valence electrons. The van der Waals surface area contributed by atoms with Crippen LogP contribution in [0.5, 0.6) is 0 Å². The van der Waals surface area contributed by atoms with E-state index in [0.717, 1.165) is 19.3 Å². The summed E-state index contributed by atoms with van der Waals surface area (Å²) < 4.78 is 0. The fourth-order valence-corrected chi connectivity index (χ4v) is 3.18. The summed E-state index contributed by atoms with van der Waals surface area (Å²) in [5.41, 5.74) is 5.30. The van der Waals surface area contributed by atoms with E-state index in [1.165, 1.54) is 22.3 Å². The summed E-state index contributed by atoms with van der Waals surface area (Å²) in [6, 6.07) is 17.6. The first-order valence-electron chi connectivity index (χ1n) is 8.95. The maximum Gasteiger partial charge on any atom is 0.129 e. The fraction of sp³-hybridized carbons (Fsp3) is 0.348. The first kappa shape index (κ1) is 18.2. The molecule has 0 spiro atoms. The summed E-state index contributed by atoms with van der Waals surface area (Å²) in [7, 11) is 0. The second-order valence-electron chi connectivity index (χ2n) is 6.42. The molecule has 0 aliphatic carbocycles. The number of ketones is 1. The number of carbonyl (C=O) groups is 1. The van der Waals surface area contributed by atoms with Gasteiger partial charge in [0.2, 0.25) is 0 Å². The van der Waals surface area contributed by atoms with Crippen LogP contribution < -0.4 is 0 Å². The van der Waals surface area contributed by atoms with Crippen molar-refractivity contribution in [1.29, 1.82) is 0 Å². The summed E-state index contributed by atoms with van der Waals surface area (Å²) in [4.78, 5) is 11.3. The van der Waals surface area contributed by atoms with Crippen molar-refractivity contribution in [3.05, 3.63) is 76.9 Å². The number of carbonyl (C=O) groups excluding carboxylic acids is 1. The molecule has 0 aliphatic heterocycles. The minimum Gasteiger partial charge on any atom is -0.300 e. The molecule has 0 saturated heterocycles. The van der Waals surface area contributed by atoms with Crippen LogP contribution in [0.3, 0.4) is 0 Å². The Morgan fingerprint density at radius 1 is 1.08 bits per heavy atom. The number of rotatable bonds is 8. The number of allylic oxidation sites excluding steroid dienone is 1. The molecule has 0 aromatic heterocycles. The second-order valence-corrected chi connectivity index (χ2v) is 6.42. The Hall–Kier alpha value is -2.15. The van der Waals surface area contributed by atoms with Gasteiger partial charge in [-0.15, -0.1) is 0 Å². The molecule has 0 N–H and O–H groups in total. The molecule has 0 amide bonds. The molecule has 0 radical (unpaired) electrons. The predicted octanol–water partition coefficient (Wildman–Crippen LogP) is 6.17. The van der Waals surface area contributed by atoms with Crippen LogP contribution in [0.25, 0.3) is 6.08 Å². The Kier molecular flexibility index (Phi) is 6.99. The van der Waals surface area contributed by atoms with Gasteiger partial charge in [-0.05, 0) is 55.4 Å². The van der Waals surface area contributed by atoms with Crippen molar-refractivity contribution in [3.8, 4) is 0 Å². The Morgan fingerprint density at radius 3 is 2.46 bits per heavy atom. The minimum atomic E-state index is 0.277. The van der Waals surface area contributed by atoms with Gasteiger partial charge in [-0.3, -0.25) is 0 Å². The van der Waals surface area contributed by atoms with Crippen LogP contribution in [0, 0.1) is 0 Å². The SMILES string of the molecule is C/C=C/c1cccc(C(CCCC(C)=O)c2cccc(CC)c2)c1. The van der Waals surface area contributed by atoms with Crippen molar-refractivity contribution in [1.82, 2.24) is 0 Å². The summed E-state index contributed by atoms with van der Waals surface area (Å²) in [6.45, 7) is 5.91. The predicted molar refractivity (Wildman–Crippen MR) is 103 cm³/mol. The quantitative estimate of drug-likeness (QED) is 0.568. The summed E-state index contributed by atoms with van der Waals surface area (Å²) in [6.07, 6.45) is 7.86. The lowest BCUT2D eigenvalue weighted by Crippen LogP contribution is -2.04. The number of Topliss-reactive ketones (excluding diaryl/α,β-unsaturated/α-hetero) is 1. The highest BCUT2D eigenvalue weighted by atomic mass is 16.1. The molecule has 0 aliphatic rings. The highest BCUT2D eigenvalue weighted by Crippen LogP contribution is 2.31. The zero-order valence-electron chi connectivity index (χ0n) is 15.1. The van der Waals surface area contributed by atoms with Crippen molar-refractivity contribution < 1.29 is 4.79 Å². The first-order valence-corrected chi connectivity index (χ1v) is 8.95. The third-order valence-corrected chi connectivity index (χ3v) is 4.46. The average molecular weight is 320 g/mol. The molecule has 0 saturated carbocycles. The highest BCUT2D eigenvalue weighted by molar-refractivity contribution is 5.75. The molecule has 24 heavy (non-hydrogen) atoms. The van der Waals surface area contributed by atoms with Crippen LogP contribution in [-0.4, -0.2) is 5.78 Å². The average Bonchev–Trinajstić information content (AvgIpc) is 2.59. The lowest BCUT2D eigenvalue weighted by Gasteiger charge is -2.19. The van der Waals surface area contributed by atoms with Gasteiger partial charge in [0, 0.05) is 12.3 Å². The molecule has 1 unspecified atom stereocenters. The second kappa shape index (κ2) is 9.22. The monoisotopic (exact) mass is 320 g/mol. The van der Waals surface area contributed by atoms with E-state index in [9.17, 15) is 4.79 Å². The van der Waals surface area contributed by atoms with Crippen LogP contribution >= 0.6 is 0 Å². The van der Waals surface area contributed by atoms with Gasteiger partial charge in [0.15, 0.2) is 0 Å². The molecule has 1 heteroatoms. The van der Waals surface area contributed by atoms with E-state index in [1.807, 2.05) is 6.92 Å². The Labute approximate surface area is 146 Å². The van der Waals surface area contributed by atoms with Gasteiger partial charge < -0.3 is 4.79 Å². The van der Waals surface area contributed by atoms with Crippen LogP contribution in [0.1, 0.15) is 68.2 Å². The first-order chi connectivity index (χ1) is 11.6. The third-order valence-electron chi connectivity index (χ3n) is 4.46. The third kappa shape index (κ3) is 5.19. The Morgan fingerprint density at radius 2 is 1.79 bits per heavy atom. The maximum atomic E-state index is 11.3. The van der Waals surface area contributed by atoms with Crippen LogP contribution in [-0.2, 0) is 11.2 Å². The Balaban J connectivity index is 2.34. The molecule has 2 rings (SSSR count). The molecule has 0 heterocycles. The topological polar surface area (TPSA) is 17.1 Å².